The zero-order chi connectivity index (χ0) is 14.1. The Morgan fingerprint density at radius 1 is 1.45 bits per heavy atom. The SMILES string of the molecule is CCn1ncc(OC)c1C(O)C1CCc2ccccc21. The Kier molecular flexibility index (Phi) is 3.49. The summed E-state index contributed by atoms with van der Waals surface area (Å²) in [6, 6.07) is 8.37. The molecule has 0 bridgehead atoms. The van der Waals surface area contributed by atoms with E-state index in [-0.39, 0.29) is 5.92 Å². The molecule has 0 fully saturated rings. The van der Waals surface area contributed by atoms with Crippen LogP contribution >= 0.6 is 0 Å². The number of benzene rings is 1. The molecule has 0 amide bonds. The van der Waals surface area contributed by atoms with Gasteiger partial charge in [-0.15, -0.1) is 0 Å². The second kappa shape index (κ2) is 5.29. The van der Waals surface area contributed by atoms with Crippen molar-refractivity contribution in [3.63, 3.8) is 0 Å². The highest BCUT2D eigenvalue weighted by molar-refractivity contribution is 5.39. The maximum atomic E-state index is 10.8. The summed E-state index contributed by atoms with van der Waals surface area (Å²) < 4.78 is 7.18. The van der Waals surface area contributed by atoms with Crippen LogP contribution in [-0.4, -0.2) is 22.0 Å². The van der Waals surface area contributed by atoms with Crippen LogP contribution in [0.3, 0.4) is 0 Å². The van der Waals surface area contributed by atoms with Crippen molar-refractivity contribution in [2.45, 2.75) is 38.3 Å². The Bertz CT molecular complexity index is 585. The van der Waals surface area contributed by atoms with Crippen molar-refractivity contribution in [1.29, 1.82) is 0 Å². The number of aromatic nitrogens is 2. The van der Waals surface area contributed by atoms with E-state index in [1.165, 1.54) is 11.1 Å². The Hall–Kier alpha value is -1.81. The minimum Gasteiger partial charge on any atom is -0.493 e. The molecule has 1 heterocycles. The number of ether oxygens (including phenoxy) is 1. The molecule has 2 unspecified atom stereocenters. The van der Waals surface area contributed by atoms with E-state index >= 15 is 0 Å². The van der Waals surface area contributed by atoms with E-state index in [2.05, 4.69) is 23.3 Å². The van der Waals surface area contributed by atoms with Gasteiger partial charge in [0.2, 0.25) is 0 Å². The molecule has 3 rings (SSSR count). The van der Waals surface area contributed by atoms with Crippen LogP contribution in [0.2, 0.25) is 0 Å². The first-order valence-corrected chi connectivity index (χ1v) is 7.11. The first-order chi connectivity index (χ1) is 9.76. The molecular weight excluding hydrogens is 252 g/mol. The zero-order valence-electron chi connectivity index (χ0n) is 11.9. The minimum absolute atomic E-state index is 0.127. The highest BCUT2D eigenvalue weighted by Crippen LogP contribution is 2.43. The van der Waals surface area contributed by atoms with Gasteiger partial charge in [0, 0.05) is 12.5 Å². The summed E-state index contributed by atoms with van der Waals surface area (Å²) >= 11 is 0. The number of nitrogens with zero attached hydrogens (tertiary/aromatic N) is 2. The largest absolute Gasteiger partial charge is 0.493 e. The third-order valence-corrected chi connectivity index (χ3v) is 4.20. The number of methoxy groups -OCH3 is 1. The third kappa shape index (κ3) is 2.00. The number of aryl methyl sites for hydroxylation is 2. The predicted octanol–water partition coefficient (Wildman–Crippen LogP) is 2.68. The molecule has 0 aliphatic heterocycles. The summed E-state index contributed by atoms with van der Waals surface area (Å²) in [6.07, 6.45) is 3.11. The van der Waals surface area contributed by atoms with Gasteiger partial charge in [-0.1, -0.05) is 24.3 Å². The van der Waals surface area contributed by atoms with Crippen molar-refractivity contribution in [2.75, 3.05) is 7.11 Å². The third-order valence-electron chi connectivity index (χ3n) is 4.20. The molecule has 1 aliphatic rings. The van der Waals surface area contributed by atoms with Crippen LogP contribution in [0.1, 0.15) is 42.2 Å². The molecular formula is C16H20N2O2. The second-order valence-corrected chi connectivity index (χ2v) is 5.20. The number of aliphatic hydroxyl groups is 1. The lowest BCUT2D eigenvalue weighted by atomic mass is 9.93. The smallest absolute Gasteiger partial charge is 0.162 e. The Balaban J connectivity index is 1.98. The van der Waals surface area contributed by atoms with Gasteiger partial charge in [0.15, 0.2) is 5.75 Å². The van der Waals surface area contributed by atoms with Crippen LogP contribution in [0.4, 0.5) is 0 Å². The fraction of sp³-hybridized carbons (Fsp3) is 0.438. The normalized spacial score (nSPS) is 18.9. The Labute approximate surface area is 119 Å². The standard InChI is InChI=1S/C16H20N2O2/c1-3-18-15(14(20-2)10-17-18)16(19)13-9-8-11-6-4-5-7-12(11)13/h4-7,10,13,16,19H,3,8-9H2,1-2H3. The van der Waals surface area contributed by atoms with Crippen molar-refractivity contribution < 1.29 is 9.84 Å². The molecule has 1 N–H and O–H groups in total. The summed E-state index contributed by atoms with van der Waals surface area (Å²) in [5, 5.41) is 15.1. The topological polar surface area (TPSA) is 47.3 Å². The van der Waals surface area contributed by atoms with Gasteiger partial charge in [-0.2, -0.15) is 5.10 Å². The summed E-state index contributed by atoms with van der Waals surface area (Å²) in [5.74, 6) is 0.797. The highest BCUT2D eigenvalue weighted by atomic mass is 16.5. The first kappa shape index (κ1) is 13.2. The van der Waals surface area contributed by atoms with Crippen molar-refractivity contribution in [3.05, 3.63) is 47.3 Å². The molecule has 2 aromatic rings. The summed E-state index contributed by atoms with van der Waals surface area (Å²) in [5.41, 5.74) is 3.39. The van der Waals surface area contributed by atoms with Crippen molar-refractivity contribution in [3.8, 4) is 5.75 Å². The quantitative estimate of drug-likeness (QED) is 0.931. The summed E-state index contributed by atoms with van der Waals surface area (Å²) in [4.78, 5) is 0. The van der Waals surface area contributed by atoms with Gasteiger partial charge < -0.3 is 9.84 Å². The van der Waals surface area contributed by atoms with Gasteiger partial charge in [0.05, 0.1) is 13.3 Å². The maximum Gasteiger partial charge on any atom is 0.162 e. The predicted molar refractivity (Wildman–Crippen MR) is 76.9 cm³/mol. The number of rotatable bonds is 4. The Morgan fingerprint density at radius 3 is 3.00 bits per heavy atom. The zero-order valence-corrected chi connectivity index (χ0v) is 11.9. The minimum atomic E-state index is -0.573. The second-order valence-electron chi connectivity index (χ2n) is 5.20. The van der Waals surface area contributed by atoms with Crippen LogP contribution in [0.15, 0.2) is 30.5 Å². The van der Waals surface area contributed by atoms with E-state index in [4.69, 9.17) is 4.74 Å². The van der Waals surface area contributed by atoms with Gasteiger partial charge in [-0.05, 0) is 30.9 Å². The van der Waals surface area contributed by atoms with E-state index in [0.717, 1.165) is 25.1 Å². The van der Waals surface area contributed by atoms with Crippen LogP contribution in [0, 0.1) is 0 Å². The molecule has 0 radical (unpaired) electrons. The summed E-state index contributed by atoms with van der Waals surface area (Å²) in [6.45, 7) is 2.75. The average molecular weight is 272 g/mol. The van der Waals surface area contributed by atoms with Gasteiger partial charge in [0.25, 0.3) is 0 Å². The lowest BCUT2D eigenvalue weighted by molar-refractivity contribution is 0.131. The summed E-state index contributed by atoms with van der Waals surface area (Å²) in [7, 11) is 1.62. The molecule has 1 aliphatic carbocycles. The van der Waals surface area contributed by atoms with E-state index in [0.29, 0.717) is 5.75 Å². The molecule has 1 aromatic heterocycles. The molecule has 0 saturated carbocycles. The number of hydrogen-bond acceptors (Lipinski definition) is 3. The fourth-order valence-electron chi connectivity index (χ4n) is 3.19. The first-order valence-electron chi connectivity index (χ1n) is 7.11. The molecule has 4 heteroatoms. The molecule has 2 atom stereocenters. The van der Waals surface area contributed by atoms with E-state index in [1.807, 2.05) is 17.7 Å². The van der Waals surface area contributed by atoms with Crippen molar-refractivity contribution in [2.24, 2.45) is 0 Å². The van der Waals surface area contributed by atoms with E-state index < -0.39 is 6.10 Å². The monoisotopic (exact) mass is 272 g/mol. The molecule has 1 aromatic carbocycles. The van der Waals surface area contributed by atoms with Crippen LogP contribution in [0.5, 0.6) is 5.75 Å². The fourth-order valence-corrected chi connectivity index (χ4v) is 3.19. The molecule has 0 spiro atoms. The Morgan fingerprint density at radius 2 is 2.25 bits per heavy atom. The van der Waals surface area contributed by atoms with Crippen molar-refractivity contribution >= 4 is 0 Å². The molecule has 106 valence electrons. The van der Waals surface area contributed by atoms with Gasteiger partial charge in [-0.25, -0.2) is 0 Å². The van der Waals surface area contributed by atoms with E-state index in [1.54, 1.807) is 13.3 Å². The van der Waals surface area contributed by atoms with Gasteiger partial charge in [0.1, 0.15) is 11.8 Å². The van der Waals surface area contributed by atoms with Crippen molar-refractivity contribution in [1.82, 2.24) is 9.78 Å². The van der Waals surface area contributed by atoms with Crippen LogP contribution < -0.4 is 4.74 Å². The molecule has 20 heavy (non-hydrogen) atoms. The van der Waals surface area contributed by atoms with Gasteiger partial charge in [-0.3, -0.25) is 4.68 Å². The average Bonchev–Trinajstić information content (AvgIpc) is 3.10. The number of hydrogen-bond donors (Lipinski definition) is 1. The lowest BCUT2D eigenvalue weighted by Crippen LogP contribution is -2.15. The number of aliphatic hydroxyl groups excluding tert-OH is 1. The number of fused-ring (bicyclic) bond motifs is 1. The van der Waals surface area contributed by atoms with Gasteiger partial charge >= 0.3 is 0 Å². The molecule has 4 nitrogen and oxygen atoms in total. The van der Waals surface area contributed by atoms with E-state index in [9.17, 15) is 5.11 Å². The van der Waals surface area contributed by atoms with Crippen LogP contribution in [0.25, 0.3) is 0 Å². The maximum absolute atomic E-state index is 10.8. The van der Waals surface area contributed by atoms with Crippen LogP contribution in [-0.2, 0) is 13.0 Å². The highest BCUT2D eigenvalue weighted by Gasteiger charge is 2.33. The molecule has 0 saturated heterocycles. The lowest BCUT2D eigenvalue weighted by Gasteiger charge is -2.21.